The number of benzene rings is 1. The van der Waals surface area contributed by atoms with Gasteiger partial charge in [-0.3, -0.25) is 0 Å². The molecule has 0 saturated carbocycles. The molecule has 0 saturated heterocycles. The standard InChI is InChI=1S/C11H15F2NO/c1-2-15-4-3-14-8-9-5-10(12)7-11(13)6-9/h5-7,14H,2-4,8H2,1H3. The van der Waals surface area contributed by atoms with Crippen molar-refractivity contribution in [1.29, 1.82) is 0 Å². The van der Waals surface area contributed by atoms with E-state index in [0.717, 1.165) is 6.07 Å². The highest BCUT2D eigenvalue weighted by Gasteiger charge is 1.99. The molecule has 0 spiro atoms. The van der Waals surface area contributed by atoms with Crippen LogP contribution < -0.4 is 5.32 Å². The Morgan fingerprint density at radius 1 is 1.20 bits per heavy atom. The highest BCUT2D eigenvalue weighted by molar-refractivity contribution is 5.17. The van der Waals surface area contributed by atoms with Crippen LogP contribution in [0.3, 0.4) is 0 Å². The zero-order valence-electron chi connectivity index (χ0n) is 8.72. The summed E-state index contributed by atoms with van der Waals surface area (Å²) in [7, 11) is 0. The maximum atomic E-state index is 12.8. The van der Waals surface area contributed by atoms with Crippen LogP contribution >= 0.6 is 0 Å². The van der Waals surface area contributed by atoms with Gasteiger partial charge in [-0.2, -0.15) is 0 Å². The molecule has 1 N–H and O–H groups in total. The first-order valence-electron chi connectivity index (χ1n) is 4.96. The maximum Gasteiger partial charge on any atom is 0.126 e. The Hall–Kier alpha value is -1.00. The lowest BCUT2D eigenvalue weighted by Crippen LogP contribution is -2.19. The fraction of sp³-hybridized carbons (Fsp3) is 0.455. The molecule has 0 heterocycles. The van der Waals surface area contributed by atoms with Crippen molar-refractivity contribution < 1.29 is 13.5 Å². The minimum Gasteiger partial charge on any atom is -0.380 e. The molecule has 0 unspecified atom stereocenters. The monoisotopic (exact) mass is 215 g/mol. The highest BCUT2D eigenvalue weighted by Crippen LogP contribution is 2.07. The number of ether oxygens (including phenoxy) is 1. The number of hydrogen-bond donors (Lipinski definition) is 1. The van der Waals surface area contributed by atoms with Crippen molar-refractivity contribution in [2.45, 2.75) is 13.5 Å². The molecular weight excluding hydrogens is 200 g/mol. The average molecular weight is 215 g/mol. The van der Waals surface area contributed by atoms with Gasteiger partial charge in [-0.05, 0) is 24.6 Å². The third-order valence-electron chi connectivity index (χ3n) is 1.88. The summed E-state index contributed by atoms with van der Waals surface area (Å²) in [5.41, 5.74) is 0.601. The largest absolute Gasteiger partial charge is 0.380 e. The Balaban J connectivity index is 2.31. The summed E-state index contributed by atoms with van der Waals surface area (Å²) >= 11 is 0. The SMILES string of the molecule is CCOCCNCc1cc(F)cc(F)c1. The molecule has 84 valence electrons. The Labute approximate surface area is 88.3 Å². The van der Waals surface area contributed by atoms with Crippen molar-refractivity contribution in [3.63, 3.8) is 0 Å². The van der Waals surface area contributed by atoms with E-state index in [1.54, 1.807) is 0 Å². The van der Waals surface area contributed by atoms with Gasteiger partial charge in [0.2, 0.25) is 0 Å². The van der Waals surface area contributed by atoms with Crippen LogP contribution in [0.15, 0.2) is 18.2 Å². The summed E-state index contributed by atoms with van der Waals surface area (Å²) in [5, 5.41) is 3.03. The lowest BCUT2D eigenvalue weighted by atomic mass is 10.2. The van der Waals surface area contributed by atoms with E-state index in [9.17, 15) is 8.78 Å². The summed E-state index contributed by atoms with van der Waals surface area (Å²) in [6, 6.07) is 3.50. The topological polar surface area (TPSA) is 21.3 Å². The molecule has 0 bridgehead atoms. The third-order valence-corrected chi connectivity index (χ3v) is 1.88. The van der Waals surface area contributed by atoms with Gasteiger partial charge in [0.25, 0.3) is 0 Å². The molecule has 1 aromatic rings. The first-order valence-corrected chi connectivity index (χ1v) is 4.96. The van der Waals surface area contributed by atoms with E-state index < -0.39 is 11.6 Å². The number of halogens is 2. The number of hydrogen-bond acceptors (Lipinski definition) is 2. The Kier molecular flexibility index (Phi) is 5.21. The Morgan fingerprint density at radius 3 is 2.47 bits per heavy atom. The van der Waals surface area contributed by atoms with Crippen molar-refractivity contribution >= 4 is 0 Å². The van der Waals surface area contributed by atoms with Crippen molar-refractivity contribution in [3.8, 4) is 0 Å². The zero-order valence-corrected chi connectivity index (χ0v) is 8.72. The van der Waals surface area contributed by atoms with E-state index in [1.807, 2.05) is 6.92 Å². The van der Waals surface area contributed by atoms with Crippen LogP contribution in [0.4, 0.5) is 8.78 Å². The molecule has 0 radical (unpaired) electrons. The van der Waals surface area contributed by atoms with Gasteiger partial charge >= 0.3 is 0 Å². The van der Waals surface area contributed by atoms with E-state index in [-0.39, 0.29) is 0 Å². The molecule has 0 aliphatic heterocycles. The third kappa shape index (κ3) is 4.85. The summed E-state index contributed by atoms with van der Waals surface area (Å²) in [6.07, 6.45) is 0. The molecular formula is C11H15F2NO. The average Bonchev–Trinajstić information content (AvgIpc) is 2.16. The first kappa shape index (κ1) is 12.1. The van der Waals surface area contributed by atoms with Gasteiger partial charge in [-0.25, -0.2) is 8.78 Å². The lowest BCUT2D eigenvalue weighted by molar-refractivity contribution is 0.149. The molecule has 0 aliphatic carbocycles. The van der Waals surface area contributed by atoms with Crippen LogP contribution in [0.1, 0.15) is 12.5 Å². The quantitative estimate of drug-likeness (QED) is 0.734. The molecule has 1 aromatic carbocycles. The molecule has 2 nitrogen and oxygen atoms in total. The minimum absolute atomic E-state index is 0.446. The fourth-order valence-electron chi connectivity index (χ4n) is 1.23. The molecule has 15 heavy (non-hydrogen) atoms. The van der Waals surface area contributed by atoms with Gasteiger partial charge in [-0.15, -0.1) is 0 Å². The van der Waals surface area contributed by atoms with Crippen LogP contribution in [0.25, 0.3) is 0 Å². The van der Waals surface area contributed by atoms with E-state index in [4.69, 9.17) is 4.74 Å². The molecule has 0 atom stereocenters. The van der Waals surface area contributed by atoms with E-state index in [1.165, 1.54) is 12.1 Å². The Morgan fingerprint density at radius 2 is 1.87 bits per heavy atom. The minimum atomic E-state index is -0.545. The second kappa shape index (κ2) is 6.48. The molecule has 0 amide bonds. The van der Waals surface area contributed by atoms with Crippen LogP contribution in [0.2, 0.25) is 0 Å². The second-order valence-corrected chi connectivity index (χ2v) is 3.15. The van der Waals surface area contributed by atoms with E-state index >= 15 is 0 Å². The van der Waals surface area contributed by atoms with Crippen LogP contribution in [0, 0.1) is 11.6 Å². The predicted octanol–water partition coefficient (Wildman–Crippen LogP) is 2.09. The molecule has 0 fully saturated rings. The smallest absolute Gasteiger partial charge is 0.126 e. The van der Waals surface area contributed by atoms with Gasteiger partial charge in [0.15, 0.2) is 0 Å². The maximum absolute atomic E-state index is 12.8. The van der Waals surface area contributed by atoms with Crippen molar-refractivity contribution in [2.24, 2.45) is 0 Å². The summed E-state index contributed by atoms with van der Waals surface area (Å²) in [4.78, 5) is 0. The fourth-order valence-corrected chi connectivity index (χ4v) is 1.23. The molecule has 0 aliphatic rings. The lowest BCUT2D eigenvalue weighted by Gasteiger charge is -2.05. The van der Waals surface area contributed by atoms with Crippen LogP contribution in [-0.2, 0) is 11.3 Å². The molecule has 0 aromatic heterocycles. The molecule has 4 heteroatoms. The normalized spacial score (nSPS) is 10.6. The van der Waals surface area contributed by atoms with Crippen LogP contribution in [-0.4, -0.2) is 19.8 Å². The van der Waals surface area contributed by atoms with Gasteiger partial charge in [0.05, 0.1) is 6.61 Å². The van der Waals surface area contributed by atoms with Crippen molar-refractivity contribution in [2.75, 3.05) is 19.8 Å². The molecule has 1 rings (SSSR count). The summed E-state index contributed by atoms with van der Waals surface area (Å²) in [6.45, 7) is 4.32. The van der Waals surface area contributed by atoms with Gasteiger partial charge < -0.3 is 10.1 Å². The highest BCUT2D eigenvalue weighted by atomic mass is 19.1. The van der Waals surface area contributed by atoms with Gasteiger partial charge in [0.1, 0.15) is 11.6 Å². The Bertz CT molecular complexity index is 284. The van der Waals surface area contributed by atoms with E-state index in [0.29, 0.717) is 31.9 Å². The second-order valence-electron chi connectivity index (χ2n) is 3.15. The first-order chi connectivity index (χ1) is 7.22. The predicted molar refractivity (Wildman–Crippen MR) is 54.6 cm³/mol. The zero-order chi connectivity index (χ0) is 11.1. The van der Waals surface area contributed by atoms with Gasteiger partial charge in [-0.1, -0.05) is 0 Å². The van der Waals surface area contributed by atoms with Crippen molar-refractivity contribution in [1.82, 2.24) is 5.32 Å². The number of rotatable bonds is 6. The van der Waals surface area contributed by atoms with E-state index in [2.05, 4.69) is 5.32 Å². The summed E-state index contributed by atoms with van der Waals surface area (Å²) in [5.74, 6) is -1.09. The number of nitrogens with one attached hydrogen (secondary N) is 1. The van der Waals surface area contributed by atoms with Crippen molar-refractivity contribution in [3.05, 3.63) is 35.4 Å². The van der Waals surface area contributed by atoms with Gasteiger partial charge in [0, 0.05) is 25.8 Å². The van der Waals surface area contributed by atoms with Crippen LogP contribution in [0.5, 0.6) is 0 Å². The summed E-state index contributed by atoms with van der Waals surface area (Å²) < 4.78 is 30.6.